The van der Waals surface area contributed by atoms with Crippen LogP contribution in [0.4, 0.5) is 5.95 Å². The highest BCUT2D eigenvalue weighted by atomic mass is 16.3. The molecule has 1 aromatic heterocycles. The maximum Gasteiger partial charge on any atom is 0.223 e. The van der Waals surface area contributed by atoms with E-state index in [1.165, 1.54) is 13.3 Å². The molecule has 0 saturated heterocycles. The number of aliphatic hydroxyl groups is 1. The number of fused-ring (bicyclic) bond motifs is 1. The van der Waals surface area contributed by atoms with Gasteiger partial charge in [-0.05, 0) is 19.4 Å². The van der Waals surface area contributed by atoms with Crippen molar-refractivity contribution in [2.75, 3.05) is 5.32 Å². The van der Waals surface area contributed by atoms with Gasteiger partial charge in [-0.3, -0.25) is 4.79 Å². The van der Waals surface area contributed by atoms with E-state index >= 15 is 0 Å². The molecule has 1 aliphatic heterocycles. The van der Waals surface area contributed by atoms with Crippen LogP contribution in [0.1, 0.15) is 25.5 Å². The summed E-state index contributed by atoms with van der Waals surface area (Å²) < 4.78 is 1.65. The highest BCUT2D eigenvalue weighted by Crippen LogP contribution is 2.40. The minimum absolute atomic E-state index is 0.0995. The first-order valence-corrected chi connectivity index (χ1v) is 6.46. The minimum atomic E-state index is -1.37. The first-order valence-electron chi connectivity index (χ1n) is 6.46. The molecule has 2 N–H and O–H groups in total. The summed E-state index contributed by atoms with van der Waals surface area (Å²) in [7, 11) is 0. The van der Waals surface area contributed by atoms with Gasteiger partial charge in [0.15, 0.2) is 0 Å². The Hall–Kier alpha value is -2.21. The predicted molar refractivity (Wildman–Crippen MR) is 73.0 cm³/mol. The van der Waals surface area contributed by atoms with Crippen LogP contribution in [-0.4, -0.2) is 31.4 Å². The lowest BCUT2D eigenvalue weighted by atomic mass is 9.81. The molecule has 2 aromatic rings. The Morgan fingerprint density at radius 2 is 2.10 bits per heavy atom. The number of carbonyl (C=O) groups is 1. The lowest BCUT2D eigenvalue weighted by Crippen LogP contribution is -2.54. The van der Waals surface area contributed by atoms with Crippen LogP contribution in [0.25, 0.3) is 0 Å². The molecule has 20 heavy (non-hydrogen) atoms. The maximum absolute atomic E-state index is 12.1. The second-order valence-electron chi connectivity index (χ2n) is 5.24. The fourth-order valence-corrected chi connectivity index (χ4v) is 2.90. The molecule has 1 aliphatic rings. The van der Waals surface area contributed by atoms with Crippen molar-refractivity contribution in [1.82, 2.24) is 14.8 Å². The Balaban J connectivity index is 2.19. The monoisotopic (exact) mass is 272 g/mol. The number of aromatic nitrogens is 3. The Labute approximate surface area is 116 Å². The van der Waals surface area contributed by atoms with Crippen LogP contribution in [-0.2, 0) is 4.79 Å². The molecule has 0 aliphatic carbocycles. The molecule has 0 radical (unpaired) electrons. The standard InChI is InChI=1S/C14H16N4O2/c1-9(19)11-12(10-6-4-3-5-7-10)18-13(15-8-16-18)17-14(11,2)20/h3-8,11-12,20H,1-2H3,(H,15,16,17)/t11-,12+,14+/m1/s1. The number of hydrogen-bond donors (Lipinski definition) is 2. The third-order valence-corrected chi connectivity index (χ3v) is 3.70. The lowest BCUT2D eigenvalue weighted by molar-refractivity contribution is -0.130. The molecule has 2 heterocycles. The summed E-state index contributed by atoms with van der Waals surface area (Å²) in [5.74, 6) is -0.280. The van der Waals surface area contributed by atoms with E-state index in [0.29, 0.717) is 5.95 Å². The maximum atomic E-state index is 12.1. The zero-order valence-corrected chi connectivity index (χ0v) is 11.3. The lowest BCUT2D eigenvalue weighted by Gasteiger charge is -2.42. The van der Waals surface area contributed by atoms with Gasteiger partial charge in [0.1, 0.15) is 17.8 Å². The van der Waals surface area contributed by atoms with Crippen LogP contribution in [0.5, 0.6) is 0 Å². The van der Waals surface area contributed by atoms with E-state index in [-0.39, 0.29) is 11.8 Å². The average molecular weight is 272 g/mol. The summed E-state index contributed by atoms with van der Waals surface area (Å²) >= 11 is 0. The first-order chi connectivity index (χ1) is 9.50. The summed E-state index contributed by atoms with van der Waals surface area (Å²) in [5.41, 5.74) is -0.448. The van der Waals surface area contributed by atoms with Gasteiger partial charge < -0.3 is 10.4 Å². The number of ketones is 1. The van der Waals surface area contributed by atoms with E-state index in [1.807, 2.05) is 30.3 Å². The second-order valence-corrected chi connectivity index (χ2v) is 5.24. The number of nitrogens with one attached hydrogen (secondary N) is 1. The van der Waals surface area contributed by atoms with E-state index in [4.69, 9.17) is 0 Å². The highest BCUT2D eigenvalue weighted by Gasteiger charge is 2.48. The Kier molecular flexibility index (Phi) is 2.83. The summed E-state index contributed by atoms with van der Waals surface area (Å²) in [4.78, 5) is 16.2. The molecule has 3 atom stereocenters. The van der Waals surface area contributed by atoms with Crippen LogP contribution < -0.4 is 5.32 Å². The topological polar surface area (TPSA) is 80.0 Å². The molecule has 0 saturated carbocycles. The normalized spacial score (nSPS) is 28.6. The number of nitrogens with zero attached hydrogens (tertiary/aromatic N) is 3. The molecule has 104 valence electrons. The van der Waals surface area contributed by atoms with Crippen molar-refractivity contribution in [3.8, 4) is 0 Å². The van der Waals surface area contributed by atoms with Crippen LogP contribution in [0, 0.1) is 5.92 Å². The van der Waals surface area contributed by atoms with Gasteiger partial charge in [-0.15, -0.1) is 0 Å². The van der Waals surface area contributed by atoms with E-state index in [9.17, 15) is 9.90 Å². The summed E-state index contributed by atoms with van der Waals surface area (Å²) in [5, 5.41) is 17.7. The van der Waals surface area contributed by atoms with E-state index < -0.39 is 11.6 Å². The van der Waals surface area contributed by atoms with Crippen LogP contribution in [0.2, 0.25) is 0 Å². The van der Waals surface area contributed by atoms with Gasteiger partial charge in [0.25, 0.3) is 0 Å². The van der Waals surface area contributed by atoms with Crippen LogP contribution >= 0.6 is 0 Å². The fraction of sp³-hybridized carbons (Fsp3) is 0.357. The van der Waals surface area contributed by atoms with Gasteiger partial charge in [0.2, 0.25) is 5.95 Å². The average Bonchev–Trinajstić information content (AvgIpc) is 2.83. The summed E-state index contributed by atoms with van der Waals surface area (Å²) in [6.45, 7) is 3.08. The van der Waals surface area contributed by atoms with E-state index in [2.05, 4.69) is 15.4 Å². The zero-order chi connectivity index (χ0) is 14.3. The predicted octanol–water partition coefficient (Wildman–Crippen LogP) is 1.21. The molecule has 0 spiro atoms. The third-order valence-electron chi connectivity index (χ3n) is 3.70. The largest absolute Gasteiger partial charge is 0.370 e. The van der Waals surface area contributed by atoms with Gasteiger partial charge in [0.05, 0.1) is 12.0 Å². The molecule has 0 amide bonds. The Bertz CT molecular complexity index is 636. The molecule has 6 nitrogen and oxygen atoms in total. The van der Waals surface area contributed by atoms with Crippen LogP contribution in [0.3, 0.4) is 0 Å². The highest BCUT2D eigenvalue weighted by molar-refractivity contribution is 5.81. The van der Waals surface area contributed by atoms with Crippen molar-refractivity contribution in [2.24, 2.45) is 5.92 Å². The molecular formula is C14H16N4O2. The van der Waals surface area contributed by atoms with Gasteiger partial charge >= 0.3 is 0 Å². The van der Waals surface area contributed by atoms with Crippen molar-refractivity contribution in [3.63, 3.8) is 0 Å². The quantitative estimate of drug-likeness (QED) is 0.859. The van der Waals surface area contributed by atoms with Gasteiger partial charge in [-0.2, -0.15) is 10.1 Å². The zero-order valence-electron chi connectivity index (χ0n) is 11.3. The molecule has 0 fully saturated rings. The van der Waals surface area contributed by atoms with Crippen molar-refractivity contribution in [1.29, 1.82) is 0 Å². The molecule has 6 heteroatoms. The summed E-state index contributed by atoms with van der Waals surface area (Å²) in [6, 6.07) is 9.19. The van der Waals surface area contributed by atoms with Crippen molar-refractivity contribution in [2.45, 2.75) is 25.6 Å². The van der Waals surface area contributed by atoms with Crippen molar-refractivity contribution in [3.05, 3.63) is 42.2 Å². The number of anilines is 1. The first kappa shape index (κ1) is 12.8. The van der Waals surface area contributed by atoms with Gasteiger partial charge in [-0.25, -0.2) is 4.68 Å². The van der Waals surface area contributed by atoms with Gasteiger partial charge in [0, 0.05) is 0 Å². The minimum Gasteiger partial charge on any atom is -0.370 e. The molecular weight excluding hydrogens is 256 g/mol. The molecule has 0 bridgehead atoms. The second kappa shape index (κ2) is 4.42. The number of Topliss-reactive ketones (excluding diaryl/α,β-unsaturated/α-hetero) is 1. The number of benzene rings is 1. The molecule has 0 unspecified atom stereocenters. The Morgan fingerprint density at radius 1 is 1.40 bits per heavy atom. The number of hydrogen-bond acceptors (Lipinski definition) is 5. The van der Waals surface area contributed by atoms with Crippen LogP contribution in [0.15, 0.2) is 36.7 Å². The van der Waals surface area contributed by atoms with E-state index in [1.54, 1.807) is 11.6 Å². The summed E-state index contributed by atoms with van der Waals surface area (Å²) in [6.07, 6.45) is 1.41. The molecule has 3 rings (SSSR count). The third kappa shape index (κ3) is 1.89. The van der Waals surface area contributed by atoms with Gasteiger partial charge in [-0.1, -0.05) is 30.3 Å². The van der Waals surface area contributed by atoms with Crippen molar-refractivity contribution >= 4 is 11.7 Å². The van der Waals surface area contributed by atoms with Crippen molar-refractivity contribution < 1.29 is 9.90 Å². The molecule has 1 aromatic carbocycles. The Morgan fingerprint density at radius 3 is 2.75 bits per heavy atom. The SMILES string of the molecule is CC(=O)[C@@H]1[C@H](c2ccccc2)n2ncnc2N[C@@]1(C)O. The number of rotatable bonds is 2. The van der Waals surface area contributed by atoms with E-state index in [0.717, 1.165) is 5.56 Å². The number of carbonyl (C=O) groups excluding carboxylic acids is 1. The fourth-order valence-electron chi connectivity index (χ4n) is 2.90. The smallest absolute Gasteiger partial charge is 0.223 e.